The predicted octanol–water partition coefficient (Wildman–Crippen LogP) is 4.06. The Hall–Kier alpha value is 0.0400. The van der Waals surface area contributed by atoms with Gasteiger partial charge in [-0.05, 0) is 26.2 Å². The lowest BCUT2D eigenvalue weighted by Gasteiger charge is -2.28. The number of aliphatic hydroxyl groups excluding tert-OH is 1. The van der Waals surface area contributed by atoms with Gasteiger partial charge in [0, 0.05) is 20.0 Å². The molecule has 0 rings (SSSR count). The summed E-state index contributed by atoms with van der Waals surface area (Å²) in [6.45, 7) is 7.26. The fourth-order valence-electron chi connectivity index (χ4n) is 4.71. The van der Waals surface area contributed by atoms with Gasteiger partial charge in [0.25, 0.3) is 0 Å². The Balaban J connectivity index is 0. The molecular weight excluding hydrogens is 593 g/mol. The molecule has 6 nitrogen and oxygen atoms in total. The highest BCUT2D eigenvalue weighted by Crippen LogP contribution is 2.16. The van der Waals surface area contributed by atoms with Crippen molar-refractivity contribution in [3.63, 3.8) is 0 Å². The van der Waals surface area contributed by atoms with Crippen LogP contribution in [-0.2, 0) is 19.0 Å². The molecule has 0 aliphatic heterocycles. The van der Waals surface area contributed by atoms with Gasteiger partial charge in [0.1, 0.15) is 6.54 Å². The van der Waals surface area contributed by atoms with E-state index in [0.29, 0.717) is 19.6 Å². The standard InChI is InChI=1S/C31H64NO5.HI/c1-6-7-8-9-10-11-12-13-14-15-16-17-18-22-30(29(2)35-5)36-27-21-28-37-31(34)23-19-20-24-32(3,4)25-26-33;/h29-30,33H,6-28H2,1-5H3;1H/q+1;/p-1. The van der Waals surface area contributed by atoms with Crippen molar-refractivity contribution in [2.75, 3.05) is 54.1 Å². The topological polar surface area (TPSA) is 65.0 Å². The molecule has 0 aliphatic rings. The quantitative estimate of drug-likeness (QED) is 0.0596. The summed E-state index contributed by atoms with van der Waals surface area (Å²) in [7, 11) is 5.95. The molecule has 0 fully saturated rings. The monoisotopic (exact) mass is 657 g/mol. The summed E-state index contributed by atoms with van der Waals surface area (Å²) in [5.41, 5.74) is 0. The van der Waals surface area contributed by atoms with Crippen LogP contribution in [0, 0.1) is 0 Å². The number of carbonyl (C=O) groups excluding carboxylic acids is 1. The first-order valence-corrected chi connectivity index (χ1v) is 15.6. The van der Waals surface area contributed by atoms with Crippen molar-refractivity contribution in [2.45, 2.75) is 142 Å². The Labute approximate surface area is 253 Å². The average Bonchev–Trinajstić information content (AvgIpc) is 2.87. The lowest BCUT2D eigenvalue weighted by atomic mass is 10.0. The van der Waals surface area contributed by atoms with E-state index in [4.69, 9.17) is 19.3 Å². The number of ether oxygens (including phenoxy) is 3. The summed E-state index contributed by atoms with van der Waals surface area (Å²) in [5, 5.41) is 9.09. The van der Waals surface area contributed by atoms with E-state index in [1.807, 2.05) is 0 Å². The first-order chi connectivity index (χ1) is 17.9. The van der Waals surface area contributed by atoms with Gasteiger partial charge >= 0.3 is 5.97 Å². The number of methoxy groups -OCH3 is 1. The second-order valence-corrected chi connectivity index (χ2v) is 11.5. The number of aliphatic hydroxyl groups is 1. The van der Waals surface area contributed by atoms with Crippen LogP contribution in [0.15, 0.2) is 0 Å². The van der Waals surface area contributed by atoms with Gasteiger partial charge in [-0.2, -0.15) is 0 Å². The molecule has 0 amide bonds. The number of likely N-dealkylation sites (N-methyl/N-ethyl adjacent to an activating group) is 1. The molecule has 1 N–H and O–H groups in total. The molecule has 0 aliphatic carbocycles. The predicted molar refractivity (Wildman–Crippen MR) is 155 cm³/mol. The van der Waals surface area contributed by atoms with E-state index in [2.05, 4.69) is 27.9 Å². The smallest absolute Gasteiger partial charge is 0.305 e. The van der Waals surface area contributed by atoms with Crippen LogP contribution >= 0.6 is 0 Å². The summed E-state index contributed by atoms with van der Waals surface area (Å²) in [6, 6.07) is 0. The zero-order valence-electron chi connectivity index (χ0n) is 25.8. The normalized spacial score (nSPS) is 13.2. The molecule has 0 heterocycles. The molecule has 0 spiro atoms. The molecule has 2 unspecified atom stereocenters. The summed E-state index contributed by atoms with van der Waals surface area (Å²) in [6.07, 6.45) is 21.9. The van der Waals surface area contributed by atoms with E-state index in [9.17, 15) is 4.79 Å². The number of hydrogen-bond donors (Lipinski definition) is 1. The van der Waals surface area contributed by atoms with Crippen LogP contribution in [0.2, 0.25) is 0 Å². The number of rotatable bonds is 28. The number of esters is 1. The van der Waals surface area contributed by atoms with Gasteiger partial charge in [-0.1, -0.05) is 90.4 Å². The Bertz CT molecular complexity index is 507. The van der Waals surface area contributed by atoms with Crippen LogP contribution in [0.5, 0.6) is 0 Å². The Morgan fingerprint density at radius 1 is 0.763 bits per heavy atom. The summed E-state index contributed by atoms with van der Waals surface area (Å²) in [5.74, 6) is -0.124. The molecule has 0 aromatic carbocycles. The highest BCUT2D eigenvalue weighted by atomic mass is 127. The van der Waals surface area contributed by atoms with E-state index < -0.39 is 0 Å². The summed E-state index contributed by atoms with van der Waals surface area (Å²) >= 11 is 0. The molecule has 7 heteroatoms. The molecule has 0 aromatic rings. The van der Waals surface area contributed by atoms with Gasteiger partial charge in [0.2, 0.25) is 0 Å². The Morgan fingerprint density at radius 3 is 1.84 bits per heavy atom. The molecule has 0 saturated heterocycles. The van der Waals surface area contributed by atoms with Crippen molar-refractivity contribution in [3.8, 4) is 0 Å². The maximum Gasteiger partial charge on any atom is 0.305 e. The molecule has 38 heavy (non-hydrogen) atoms. The maximum atomic E-state index is 12.0. The van der Waals surface area contributed by atoms with Crippen molar-refractivity contribution in [2.24, 2.45) is 0 Å². The van der Waals surface area contributed by atoms with Gasteiger partial charge in [-0.3, -0.25) is 4.79 Å². The third-order valence-corrected chi connectivity index (χ3v) is 7.47. The highest BCUT2D eigenvalue weighted by molar-refractivity contribution is 5.69. The number of quaternary nitrogens is 1. The van der Waals surface area contributed by atoms with Crippen molar-refractivity contribution in [1.29, 1.82) is 0 Å². The fourth-order valence-corrected chi connectivity index (χ4v) is 4.71. The third-order valence-electron chi connectivity index (χ3n) is 7.47. The number of unbranched alkanes of at least 4 members (excludes halogenated alkanes) is 13. The minimum atomic E-state index is -0.124. The van der Waals surface area contributed by atoms with Gasteiger partial charge < -0.3 is 47.8 Å². The molecular formula is C31H64INO5. The van der Waals surface area contributed by atoms with E-state index in [0.717, 1.165) is 43.3 Å². The minimum Gasteiger partial charge on any atom is -1.00 e. The number of carbonyl (C=O) groups is 1. The minimum absolute atomic E-state index is 0. The van der Waals surface area contributed by atoms with E-state index in [-0.39, 0.29) is 48.8 Å². The van der Waals surface area contributed by atoms with Crippen molar-refractivity contribution >= 4 is 5.97 Å². The zero-order chi connectivity index (χ0) is 27.6. The van der Waals surface area contributed by atoms with Crippen LogP contribution < -0.4 is 24.0 Å². The largest absolute Gasteiger partial charge is 1.00 e. The molecule has 2 atom stereocenters. The lowest BCUT2D eigenvalue weighted by molar-refractivity contribution is -0.890. The number of hydrogen-bond acceptors (Lipinski definition) is 5. The SMILES string of the molecule is CCCCCCCCCCCCCCCC(OCCCOC(=O)CCCC[N+](C)(C)CCO)C(C)OC.[I-]. The first-order valence-electron chi connectivity index (χ1n) is 15.6. The van der Waals surface area contributed by atoms with Crippen LogP contribution in [0.3, 0.4) is 0 Å². The Morgan fingerprint density at radius 2 is 1.32 bits per heavy atom. The summed E-state index contributed by atoms with van der Waals surface area (Å²) in [4.78, 5) is 12.0. The number of halogens is 1. The van der Waals surface area contributed by atoms with Crippen molar-refractivity contribution < 1.29 is 52.6 Å². The van der Waals surface area contributed by atoms with Crippen LogP contribution in [0.25, 0.3) is 0 Å². The Kier molecular flexibility index (Phi) is 30.2. The van der Waals surface area contributed by atoms with Crippen LogP contribution in [0.1, 0.15) is 129 Å². The van der Waals surface area contributed by atoms with Gasteiger partial charge in [-0.15, -0.1) is 0 Å². The van der Waals surface area contributed by atoms with Crippen LogP contribution in [0.4, 0.5) is 0 Å². The molecule has 0 bridgehead atoms. The lowest BCUT2D eigenvalue weighted by Crippen LogP contribution is -3.00. The molecule has 0 radical (unpaired) electrons. The number of nitrogens with zero attached hydrogens (tertiary/aromatic N) is 1. The molecule has 0 aromatic heterocycles. The summed E-state index contributed by atoms with van der Waals surface area (Å²) < 4.78 is 17.8. The molecule has 0 saturated carbocycles. The zero-order valence-corrected chi connectivity index (χ0v) is 28.0. The second-order valence-electron chi connectivity index (χ2n) is 11.5. The third kappa shape index (κ3) is 26.3. The second kappa shape index (κ2) is 28.6. The fraction of sp³-hybridized carbons (Fsp3) is 0.968. The van der Waals surface area contributed by atoms with Gasteiger partial charge in [0.15, 0.2) is 0 Å². The van der Waals surface area contributed by atoms with E-state index in [1.165, 1.54) is 83.5 Å². The van der Waals surface area contributed by atoms with E-state index >= 15 is 0 Å². The van der Waals surface area contributed by atoms with Crippen LogP contribution in [-0.4, -0.2) is 81.9 Å². The van der Waals surface area contributed by atoms with Gasteiger partial charge in [0.05, 0.1) is 52.7 Å². The molecule has 230 valence electrons. The van der Waals surface area contributed by atoms with Gasteiger partial charge in [-0.25, -0.2) is 0 Å². The first kappa shape index (κ1) is 40.2. The van der Waals surface area contributed by atoms with Crippen molar-refractivity contribution in [1.82, 2.24) is 0 Å². The van der Waals surface area contributed by atoms with E-state index in [1.54, 1.807) is 7.11 Å². The highest BCUT2D eigenvalue weighted by Gasteiger charge is 2.17. The average molecular weight is 658 g/mol. The van der Waals surface area contributed by atoms with Crippen molar-refractivity contribution in [3.05, 3.63) is 0 Å². The maximum absolute atomic E-state index is 12.0.